The maximum absolute atomic E-state index is 14.0. The molecule has 3 aromatic rings. The third-order valence-electron chi connectivity index (χ3n) is 6.30. The summed E-state index contributed by atoms with van der Waals surface area (Å²) in [6.45, 7) is 8.46. The van der Waals surface area contributed by atoms with E-state index in [2.05, 4.69) is 5.32 Å². The molecule has 0 radical (unpaired) electrons. The van der Waals surface area contributed by atoms with Crippen LogP contribution < -0.4 is 9.62 Å². The average Bonchev–Trinajstić information content (AvgIpc) is 2.90. The van der Waals surface area contributed by atoms with Crippen molar-refractivity contribution in [2.75, 3.05) is 10.8 Å². The van der Waals surface area contributed by atoms with Crippen molar-refractivity contribution in [1.82, 2.24) is 10.2 Å². The lowest BCUT2D eigenvalue weighted by Crippen LogP contribution is -2.54. The minimum atomic E-state index is -4.13. The van der Waals surface area contributed by atoms with Gasteiger partial charge in [-0.15, -0.1) is 0 Å². The molecule has 10 heteroatoms. The number of hydrogen-bond donors (Lipinski definition) is 1. The van der Waals surface area contributed by atoms with Crippen molar-refractivity contribution in [1.29, 1.82) is 0 Å². The number of nitrogens with one attached hydrogen (secondary N) is 1. The van der Waals surface area contributed by atoms with Gasteiger partial charge >= 0.3 is 0 Å². The summed E-state index contributed by atoms with van der Waals surface area (Å²) >= 11 is 12.8. The van der Waals surface area contributed by atoms with Crippen molar-refractivity contribution in [2.24, 2.45) is 0 Å². The summed E-state index contributed by atoms with van der Waals surface area (Å²) in [5.74, 6) is -0.986. The lowest BCUT2D eigenvalue weighted by molar-refractivity contribution is -0.140. The van der Waals surface area contributed by atoms with Gasteiger partial charge in [-0.2, -0.15) is 0 Å². The molecule has 3 aromatic carbocycles. The van der Waals surface area contributed by atoms with Crippen LogP contribution in [0, 0.1) is 0 Å². The zero-order valence-corrected chi connectivity index (χ0v) is 25.6. The molecule has 0 spiro atoms. The minimum absolute atomic E-state index is 0.0431. The third-order valence-corrected chi connectivity index (χ3v) is 8.79. The van der Waals surface area contributed by atoms with E-state index in [1.54, 1.807) is 55.5 Å². The van der Waals surface area contributed by atoms with Crippen molar-refractivity contribution >= 4 is 50.7 Å². The fraction of sp³-hybridized carbons (Fsp3) is 0.333. The minimum Gasteiger partial charge on any atom is -0.350 e. The topological polar surface area (TPSA) is 86.8 Å². The van der Waals surface area contributed by atoms with Gasteiger partial charge in [0.2, 0.25) is 11.8 Å². The van der Waals surface area contributed by atoms with Crippen molar-refractivity contribution < 1.29 is 18.0 Å². The normalized spacial score (nSPS) is 12.5. The van der Waals surface area contributed by atoms with Gasteiger partial charge in [-0.05, 0) is 76.1 Å². The van der Waals surface area contributed by atoms with Crippen LogP contribution in [0.5, 0.6) is 0 Å². The number of carbonyl (C=O) groups excluding carboxylic acids is 2. The van der Waals surface area contributed by atoms with Crippen LogP contribution in [0.25, 0.3) is 0 Å². The van der Waals surface area contributed by atoms with Crippen LogP contribution in [0.3, 0.4) is 0 Å². The molecule has 1 unspecified atom stereocenters. The molecule has 0 aliphatic heterocycles. The highest BCUT2D eigenvalue weighted by Crippen LogP contribution is 2.28. The van der Waals surface area contributed by atoms with Gasteiger partial charge in [-0.25, -0.2) is 8.42 Å². The second-order valence-corrected chi connectivity index (χ2v) is 13.2. The maximum Gasteiger partial charge on any atom is 0.264 e. The van der Waals surface area contributed by atoms with Crippen LogP contribution in [0.2, 0.25) is 10.0 Å². The summed E-state index contributed by atoms with van der Waals surface area (Å²) in [7, 11) is -4.13. The number of aryl methyl sites for hydroxylation is 1. The highest BCUT2D eigenvalue weighted by molar-refractivity contribution is 7.92. The van der Waals surface area contributed by atoms with E-state index in [0.29, 0.717) is 21.3 Å². The first kappa shape index (κ1) is 31.5. The van der Waals surface area contributed by atoms with Gasteiger partial charge in [-0.3, -0.25) is 13.9 Å². The zero-order chi connectivity index (χ0) is 29.7. The van der Waals surface area contributed by atoms with E-state index in [-0.39, 0.29) is 11.4 Å². The molecule has 2 amide bonds. The first-order valence-electron chi connectivity index (χ1n) is 13.0. The summed E-state index contributed by atoms with van der Waals surface area (Å²) < 4.78 is 28.7. The quantitative estimate of drug-likeness (QED) is 0.304. The van der Waals surface area contributed by atoms with E-state index in [0.717, 1.165) is 16.3 Å². The Balaban J connectivity index is 2.07. The van der Waals surface area contributed by atoms with Gasteiger partial charge < -0.3 is 10.2 Å². The largest absolute Gasteiger partial charge is 0.350 e. The van der Waals surface area contributed by atoms with Crippen molar-refractivity contribution in [3.63, 3.8) is 0 Å². The molecule has 3 rings (SSSR count). The predicted molar refractivity (Wildman–Crippen MR) is 161 cm³/mol. The van der Waals surface area contributed by atoms with Crippen LogP contribution in [0.15, 0.2) is 77.7 Å². The molecule has 7 nitrogen and oxygen atoms in total. The molecule has 0 heterocycles. The predicted octanol–water partition coefficient (Wildman–Crippen LogP) is 6.08. The second kappa shape index (κ2) is 13.1. The molecule has 0 aromatic heterocycles. The van der Waals surface area contributed by atoms with Gasteiger partial charge in [0, 0.05) is 27.7 Å². The van der Waals surface area contributed by atoms with Gasteiger partial charge in [0.25, 0.3) is 10.0 Å². The summed E-state index contributed by atoms with van der Waals surface area (Å²) in [4.78, 5) is 28.6. The van der Waals surface area contributed by atoms with Crippen LogP contribution in [0.4, 0.5) is 5.69 Å². The Morgan fingerprint density at radius 1 is 0.900 bits per heavy atom. The Kier molecular flexibility index (Phi) is 10.3. The first-order valence-corrected chi connectivity index (χ1v) is 15.1. The Morgan fingerprint density at radius 2 is 1.48 bits per heavy atom. The Labute approximate surface area is 247 Å². The van der Waals surface area contributed by atoms with E-state index in [9.17, 15) is 18.0 Å². The second-order valence-electron chi connectivity index (χ2n) is 10.5. The molecule has 0 aliphatic carbocycles. The molecule has 0 bridgehead atoms. The highest BCUT2D eigenvalue weighted by Gasteiger charge is 2.34. The van der Waals surface area contributed by atoms with Crippen molar-refractivity contribution in [2.45, 2.75) is 64.1 Å². The summed E-state index contributed by atoms with van der Waals surface area (Å²) in [6.07, 6.45) is 0.775. The number of nitrogens with zero attached hydrogens (tertiary/aromatic N) is 2. The number of anilines is 1. The Bertz CT molecular complexity index is 1420. The summed E-state index contributed by atoms with van der Waals surface area (Å²) in [5.41, 5.74) is 1.26. The zero-order valence-electron chi connectivity index (χ0n) is 23.3. The number of carbonyl (C=O) groups is 2. The molecule has 1 atom stereocenters. The molecular weight excluding hydrogens is 569 g/mol. The number of hydrogen-bond acceptors (Lipinski definition) is 4. The maximum atomic E-state index is 14.0. The Morgan fingerprint density at radius 3 is 2.00 bits per heavy atom. The van der Waals surface area contributed by atoms with E-state index in [1.165, 1.54) is 17.0 Å². The number of rotatable bonds is 10. The smallest absolute Gasteiger partial charge is 0.264 e. The summed E-state index contributed by atoms with van der Waals surface area (Å²) in [6, 6.07) is 19.0. The number of sulfonamides is 1. The molecule has 0 saturated heterocycles. The van der Waals surface area contributed by atoms with Crippen molar-refractivity contribution in [3.05, 3.63) is 94.0 Å². The standard InChI is InChI=1S/C30H35Cl2N3O4S/c1-6-22-15-17-23(18-16-22)35(40(38,39)24-11-8-7-9-12-24)20-28(36)34(21(2)29(37)33-30(3,4)5)19-25-26(31)13-10-14-27(25)32/h7-18,21H,6,19-20H2,1-5H3,(H,33,37). The van der Waals surface area contributed by atoms with Gasteiger partial charge in [-0.1, -0.05) is 66.5 Å². The fourth-order valence-electron chi connectivity index (χ4n) is 4.06. The van der Waals surface area contributed by atoms with Gasteiger partial charge in [0.1, 0.15) is 12.6 Å². The van der Waals surface area contributed by atoms with Crippen LogP contribution in [0.1, 0.15) is 45.7 Å². The number of halogens is 2. The van der Waals surface area contributed by atoms with Crippen LogP contribution in [-0.4, -0.2) is 43.3 Å². The molecule has 214 valence electrons. The molecule has 0 saturated carbocycles. The molecule has 0 fully saturated rings. The fourth-order valence-corrected chi connectivity index (χ4v) is 6.01. The monoisotopic (exact) mass is 603 g/mol. The van der Waals surface area contributed by atoms with E-state index in [4.69, 9.17) is 23.2 Å². The van der Waals surface area contributed by atoms with Crippen LogP contribution >= 0.6 is 23.2 Å². The Hall–Kier alpha value is -3.07. The van der Waals surface area contributed by atoms with Gasteiger partial charge in [0.05, 0.1) is 10.6 Å². The first-order chi connectivity index (χ1) is 18.7. The highest BCUT2D eigenvalue weighted by atomic mass is 35.5. The van der Waals surface area contributed by atoms with Crippen molar-refractivity contribution in [3.8, 4) is 0 Å². The number of benzene rings is 3. The molecule has 40 heavy (non-hydrogen) atoms. The van der Waals surface area contributed by atoms with E-state index < -0.39 is 40.0 Å². The van der Waals surface area contributed by atoms with Crippen LogP contribution in [-0.2, 0) is 32.6 Å². The lowest BCUT2D eigenvalue weighted by Gasteiger charge is -2.34. The van der Waals surface area contributed by atoms with E-state index >= 15 is 0 Å². The average molecular weight is 605 g/mol. The third kappa shape index (κ3) is 7.77. The SMILES string of the molecule is CCc1ccc(N(CC(=O)N(Cc2c(Cl)cccc2Cl)C(C)C(=O)NC(C)(C)C)S(=O)(=O)c2ccccc2)cc1. The van der Waals surface area contributed by atoms with Gasteiger partial charge in [0.15, 0.2) is 0 Å². The number of amides is 2. The molecular formula is C30H35Cl2N3O4S. The molecule has 1 N–H and O–H groups in total. The molecule has 0 aliphatic rings. The summed E-state index contributed by atoms with van der Waals surface area (Å²) in [5, 5.41) is 3.55. The lowest BCUT2D eigenvalue weighted by atomic mass is 10.1. The van der Waals surface area contributed by atoms with E-state index in [1.807, 2.05) is 39.8 Å².